The van der Waals surface area contributed by atoms with Crippen LogP contribution in [-0.2, 0) is 24.3 Å². The fourth-order valence-electron chi connectivity index (χ4n) is 3.56. The fourth-order valence-corrected chi connectivity index (χ4v) is 3.56. The molecular formula is C22H29N3O. The second kappa shape index (κ2) is 9.51. The van der Waals surface area contributed by atoms with E-state index in [1.54, 1.807) is 0 Å². The lowest BCUT2D eigenvalue weighted by Crippen LogP contribution is -2.45. The number of benzene rings is 2. The molecule has 4 nitrogen and oxygen atoms in total. The monoisotopic (exact) mass is 351 g/mol. The van der Waals surface area contributed by atoms with E-state index in [4.69, 9.17) is 5.73 Å². The highest BCUT2D eigenvalue weighted by Crippen LogP contribution is 2.18. The zero-order valence-electron chi connectivity index (χ0n) is 15.4. The number of nitrogens with zero attached hydrogens (tertiary/aromatic N) is 1. The van der Waals surface area contributed by atoms with Crippen LogP contribution in [0.2, 0.25) is 0 Å². The van der Waals surface area contributed by atoms with Crippen LogP contribution in [-0.4, -0.2) is 29.9 Å². The first-order valence-corrected chi connectivity index (χ1v) is 9.58. The number of carbonyl (C=O) groups excluding carboxylic acids is 1. The molecule has 1 fully saturated rings. The van der Waals surface area contributed by atoms with Gasteiger partial charge in [-0.1, -0.05) is 54.6 Å². The zero-order valence-corrected chi connectivity index (χ0v) is 15.4. The maximum absolute atomic E-state index is 13.0. The Morgan fingerprint density at radius 2 is 1.62 bits per heavy atom. The van der Waals surface area contributed by atoms with Crippen molar-refractivity contribution in [3.05, 3.63) is 71.3 Å². The Hall–Kier alpha value is -2.17. The van der Waals surface area contributed by atoms with E-state index in [0.29, 0.717) is 25.6 Å². The van der Waals surface area contributed by atoms with Crippen molar-refractivity contribution in [3.8, 4) is 0 Å². The second-order valence-corrected chi connectivity index (χ2v) is 7.01. The van der Waals surface area contributed by atoms with Crippen molar-refractivity contribution in [3.63, 3.8) is 0 Å². The van der Waals surface area contributed by atoms with Crippen LogP contribution in [0.25, 0.3) is 0 Å². The molecule has 0 radical (unpaired) electrons. The van der Waals surface area contributed by atoms with Crippen molar-refractivity contribution in [2.45, 2.75) is 44.8 Å². The third-order valence-corrected chi connectivity index (χ3v) is 5.15. The number of piperidine rings is 1. The smallest absolute Gasteiger partial charge is 0.223 e. The van der Waals surface area contributed by atoms with Crippen LogP contribution in [0.4, 0.5) is 0 Å². The van der Waals surface area contributed by atoms with Gasteiger partial charge in [-0.3, -0.25) is 4.79 Å². The quantitative estimate of drug-likeness (QED) is 0.806. The van der Waals surface area contributed by atoms with Gasteiger partial charge in [0.05, 0.1) is 0 Å². The van der Waals surface area contributed by atoms with E-state index in [2.05, 4.69) is 46.6 Å². The van der Waals surface area contributed by atoms with Gasteiger partial charge < -0.3 is 16.0 Å². The Labute approximate surface area is 156 Å². The molecule has 3 N–H and O–H groups in total. The third kappa shape index (κ3) is 5.16. The fraction of sp³-hybridized carbons (Fsp3) is 0.409. The summed E-state index contributed by atoms with van der Waals surface area (Å²) in [5, 5.41) is 3.39. The van der Waals surface area contributed by atoms with Crippen molar-refractivity contribution in [2.24, 2.45) is 5.73 Å². The third-order valence-electron chi connectivity index (χ3n) is 5.15. The average molecular weight is 351 g/mol. The molecule has 0 spiro atoms. The maximum Gasteiger partial charge on any atom is 0.223 e. The number of aryl methyl sites for hydroxylation is 1. The van der Waals surface area contributed by atoms with Gasteiger partial charge in [-0.2, -0.15) is 0 Å². The Morgan fingerprint density at radius 1 is 0.962 bits per heavy atom. The van der Waals surface area contributed by atoms with Crippen LogP contribution in [0.3, 0.4) is 0 Å². The predicted molar refractivity (Wildman–Crippen MR) is 106 cm³/mol. The minimum atomic E-state index is 0.253. The highest BCUT2D eigenvalue weighted by molar-refractivity contribution is 5.77. The van der Waals surface area contributed by atoms with E-state index < -0.39 is 0 Å². The van der Waals surface area contributed by atoms with E-state index in [0.717, 1.165) is 37.9 Å². The molecule has 1 aliphatic heterocycles. The number of rotatable bonds is 7. The van der Waals surface area contributed by atoms with E-state index in [-0.39, 0.29) is 5.91 Å². The summed E-state index contributed by atoms with van der Waals surface area (Å²) >= 11 is 0. The molecule has 1 amide bonds. The summed E-state index contributed by atoms with van der Waals surface area (Å²) in [5.41, 5.74) is 9.21. The van der Waals surface area contributed by atoms with Gasteiger partial charge in [-0.25, -0.2) is 0 Å². The molecule has 4 heteroatoms. The number of amides is 1. The first kappa shape index (κ1) is 18.6. The minimum Gasteiger partial charge on any atom is -0.335 e. The van der Waals surface area contributed by atoms with Gasteiger partial charge in [-0.05, 0) is 49.0 Å². The average Bonchev–Trinajstić information content (AvgIpc) is 2.72. The largest absolute Gasteiger partial charge is 0.335 e. The topological polar surface area (TPSA) is 58.4 Å². The lowest BCUT2D eigenvalue weighted by atomic mass is 10.0. The molecule has 0 atom stereocenters. The molecule has 2 aromatic carbocycles. The van der Waals surface area contributed by atoms with Crippen molar-refractivity contribution in [2.75, 3.05) is 13.1 Å². The SMILES string of the molecule is NCc1ccc(CN(C(=O)CCc2ccccc2)C2CCNCC2)cc1. The van der Waals surface area contributed by atoms with Crippen LogP contribution in [0, 0.1) is 0 Å². The van der Waals surface area contributed by atoms with Gasteiger partial charge in [0.1, 0.15) is 0 Å². The Bertz CT molecular complexity index is 678. The predicted octanol–water partition coefficient (Wildman–Crippen LogP) is 2.86. The van der Waals surface area contributed by atoms with Gasteiger partial charge in [-0.15, -0.1) is 0 Å². The number of nitrogens with two attached hydrogens (primary N) is 1. The lowest BCUT2D eigenvalue weighted by molar-refractivity contribution is -0.134. The van der Waals surface area contributed by atoms with Gasteiger partial charge in [0.25, 0.3) is 0 Å². The molecule has 138 valence electrons. The molecule has 1 saturated heterocycles. The first-order chi connectivity index (χ1) is 12.8. The molecule has 0 aliphatic carbocycles. The minimum absolute atomic E-state index is 0.253. The maximum atomic E-state index is 13.0. The van der Waals surface area contributed by atoms with Crippen LogP contribution in [0.1, 0.15) is 36.0 Å². The summed E-state index contributed by atoms with van der Waals surface area (Å²) in [4.78, 5) is 15.1. The second-order valence-electron chi connectivity index (χ2n) is 7.01. The summed E-state index contributed by atoms with van der Waals surface area (Å²) < 4.78 is 0. The number of nitrogens with one attached hydrogen (secondary N) is 1. The number of hydrogen-bond donors (Lipinski definition) is 2. The summed E-state index contributed by atoms with van der Waals surface area (Å²) in [6.07, 6.45) is 3.41. The molecule has 2 aromatic rings. The molecule has 1 heterocycles. The van der Waals surface area contributed by atoms with E-state index in [9.17, 15) is 4.79 Å². The first-order valence-electron chi connectivity index (χ1n) is 9.58. The summed E-state index contributed by atoms with van der Waals surface area (Å²) in [6.45, 7) is 3.20. The molecular weight excluding hydrogens is 322 g/mol. The van der Waals surface area contributed by atoms with E-state index in [1.165, 1.54) is 11.1 Å². The Kier molecular flexibility index (Phi) is 6.81. The van der Waals surface area contributed by atoms with Crippen LogP contribution >= 0.6 is 0 Å². The highest BCUT2D eigenvalue weighted by Gasteiger charge is 2.25. The molecule has 1 aliphatic rings. The van der Waals surface area contributed by atoms with Gasteiger partial charge in [0.15, 0.2) is 0 Å². The number of hydrogen-bond acceptors (Lipinski definition) is 3. The van der Waals surface area contributed by atoms with Crippen LogP contribution in [0.15, 0.2) is 54.6 Å². The van der Waals surface area contributed by atoms with E-state index >= 15 is 0 Å². The van der Waals surface area contributed by atoms with Gasteiger partial charge in [0, 0.05) is 25.6 Å². The number of carbonyl (C=O) groups is 1. The van der Waals surface area contributed by atoms with Gasteiger partial charge >= 0.3 is 0 Å². The van der Waals surface area contributed by atoms with Crippen LogP contribution < -0.4 is 11.1 Å². The van der Waals surface area contributed by atoms with Gasteiger partial charge in [0.2, 0.25) is 5.91 Å². The lowest BCUT2D eigenvalue weighted by Gasteiger charge is -2.35. The molecule has 26 heavy (non-hydrogen) atoms. The molecule has 0 aromatic heterocycles. The van der Waals surface area contributed by atoms with Crippen molar-refractivity contribution in [1.29, 1.82) is 0 Å². The highest BCUT2D eigenvalue weighted by atomic mass is 16.2. The summed E-state index contributed by atoms with van der Waals surface area (Å²) in [7, 11) is 0. The normalized spacial score (nSPS) is 15.0. The molecule has 3 rings (SSSR count). The van der Waals surface area contributed by atoms with Crippen LogP contribution in [0.5, 0.6) is 0 Å². The molecule has 0 saturated carbocycles. The Morgan fingerprint density at radius 3 is 2.27 bits per heavy atom. The van der Waals surface area contributed by atoms with E-state index in [1.807, 2.05) is 18.2 Å². The zero-order chi connectivity index (χ0) is 18.2. The summed E-state index contributed by atoms with van der Waals surface area (Å²) in [5.74, 6) is 0.253. The molecule has 0 bridgehead atoms. The van der Waals surface area contributed by atoms with Crippen molar-refractivity contribution < 1.29 is 4.79 Å². The van der Waals surface area contributed by atoms with Crippen molar-refractivity contribution in [1.82, 2.24) is 10.2 Å². The van der Waals surface area contributed by atoms with Crippen molar-refractivity contribution >= 4 is 5.91 Å². The molecule has 0 unspecified atom stereocenters. The summed E-state index contributed by atoms with van der Waals surface area (Å²) in [6, 6.07) is 18.9. The Balaban J connectivity index is 1.68. The standard InChI is InChI=1S/C22H29N3O/c23-16-19-6-8-20(9-7-19)17-25(21-12-14-24-15-13-21)22(26)11-10-18-4-2-1-3-5-18/h1-9,21,24H,10-17,23H2.